The molecule has 0 fully saturated rings. The number of esters is 1. The molecular weight excluding hydrogens is 259 g/mol. The second kappa shape index (κ2) is 6.70. The van der Waals surface area contributed by atoms with E-state index in [1.165, 1.54) is 6.07 Å². The van der Waals surface area contributed by atoms with Gasteiger partial charge in [-0.25, -0.2) is 9.18 Å². The zero-order valence-electron chi connectivity index (χ0n) is 11.1. The summed E-state index contributed by atoms with van der Waals surface area (Å²) in [6.45, 7) is 1.49. The Kier molecular flexibility index (Phi) is 4.71. The first-order chi connectivity index (χ1) is 9.66. The van der Waals surface area contributed by atoms with Crippen molar-refractivity contribution in [2.75, 3.05) is 0 Å². The van der Waals surface area contributed by atoms with Gasteiger partial charge in [0.15, 0.2) is 6.10 Å². The fraction of sp³-hybridized carbons (Fsp3) is 0.188. The van der Waals surface area contributed by atoms with Crippen molar-refractivity contribution in [2.45, 2.75) is 19.6 Å². The summed E-state index contributed by atoms with van der Waals surface area (Å²) in [5, 5.41) is 0. The zero-order chi connectivity index (χ0) is 14.4. The van der Waals surface area contributed by atoms with Crippen molar-refractivity contribution in [1.82, 2.24) is 0 Å². The van der Waals surface area contributed by atoms with Crippen LogP contribution in [0.1, 0.15) is 12.5 Å². The molecule has 0 bridgehead atoms. The van der Waals surface area contributed by atoms with Gasteiger partial charge in [-0.3, -0.25) is 0 Å². The van der Waals surface area contributed by atoms with Gasteiger partial charge in [0.1, 0.15) is 18.2 Å². The number of benzene rings is 2. The van der Waals surface area contributed by atoms with Crippen LogP contribution in [0, 0.1) is 5.82 Å². The zero-order valence-corrected chi connectivity index (χ0v) is 11.1. The Morgan fingerprint density at radius 3 is 2.45 bits per heavy atom. The highest BCUT2D eigenvalue weighted by molar-refractivity contribution is 5.74. The molecule has 0 N–H and O–H groups in total. The van der Waals surface area contributed by atoms with E-state index in [0.29, 0.717) is 11.3 Å². The monoisotopic (exact) mass is 274 g/mol. The van der Waals surface area contributed by atoms with Crippen molar-refractivity contribution >= 4 is 5.97 Å². The Bertz CT molecular complexity index is 569. The molecular formula is C16H15FO3. The van der Waals surface area contributed by atoms with Crippen LogP contribution in [-0.4, -0.2) is 12.1 Å². The van der Waals surface area contributed by atoms with Crippen molar-refractivity contribution in [3.63, 3.8) is 0 Å². The standard InChI is InChI=1S/C16H15FO3/c1-12(20-14-8-3-2-4-9-14)16(18)19-11-13-7-5-6-10-15(13)17/h2-10,12H,11H2,1H3. The summed E-state index contributed by atoms with van der Waals surface area (Å²) in [5.41, 5.74) is 0.341. The average Bonchev–Trinajstić information content (AvgIpc) is 2.47. The average molecular weight is 274 g/mol. The van der Waals surface area contributed by atoms with Gasteiger partial charge in [-0.2, -0.15) is 0 Å². The summed E-state index contributed by atoms with van der Waals surface area (Å²) in [4.78, 5) is 11.8. The van der Waals surface area contributed by atoms with E-state index in [1.807, 2.05) is 18.2 Å². The SMILES string of the molecule is CC(Oc1ccccc1)C(=O)OCc1ccccc1F. The molecule has 2 aromatic carbocycles. The molecule has 0 radical (unpaired) electrons. The third-order valence-corrected chi connectivity index (χ3v) is 2.72. The molecule has 0 aromatic heterocycles. The predicted molar refractivity (Wildman–Crippen MR) is 72.7 cm³/mol. The summed E-state index contributed by atoms with van der Waals surface area (Å²) in [5.74, 6) is -0.336. The Hall–Kier alpha value is -2.36. The first kappa shape index (κ1) is 14.1. The van der Waals surface area contributed by atoms with Crippen molar-refractivity contribution in [3.05, 3.63) is 66.0 Å². The minimum Gasteiger partial charge on any atom is -0.479 e. The molecule has 2 aromatic rings. The molecule has 3 nitrogen and oxygen atoms in total. The number of halogens is 1. The van der Waals surface area contributed by atoms with Crippen LogP contribution in [0.4, 0.5) is 4.39 Å². The third kappa shape index (κ3) is 3.82. The van der Waals surface area contributed by atoms with Crippen LogP contribution >= 0.6 is 0 Å². The lowest BCUT2D eigenvalue weighted by molar-refractivity contribution is -0.152. The van der Waals surface area contributed by atoms with Crippen LogP contribution in [0.3, 0.4) is 0 Å². The quantitative estimate of drug-likeness (QED) is 0.784. The van der Waals surface area contributed by atoms with Gasteiger partial charge < -0.3 is 9.47 Å². The summed E-state index contributed by atoms with van der Waals surface area (Å²) in [6, 6.07) is 15.2. The second-order valence-electron chi connectivity index (χ2n) is 4.27. The van der Waals surface area contributed by atoms with Gasteiger partial charge in [0.05, 0.1) is 0 Å². The fourth-order valence-electron chi connectivity index (χ4n) is 1.63. The third-order valence-electron chi connectivity index (χ3n) is 2.72. The molecule has 0 heterocycles. The maximum Gasteiger partial charge on any atom is 0.347 e. The molecule has 4 heteroatoms. The van der Waals surface area contributed by atoms with Gasteiger partial charge in [-0.15, -0.1) is 0 Å². The fourth-order valence-corrected chi connectivity index (χ4v) is 1.63. The normalized spacial score (nSPS) is 11.7. The lowest BCUT2D eigenvalue weighted by Gasteiger charge is -2.14. The molecule has 20 heavy (non-hydrogen) atoms. The van der Waals surface area contributed by atoms with Crippen LogP contribution in [-0.2, 0) is 16.1 Å². The van der Waals surface area contributed by atoms with Gasteiger partial charge in [-0.1, -0.05) is 36.4 Å². The highest BCUT2D eigenvalue weighted by atomic mass is 19.1. The van der Waals surface area contributed by atoms with Gasteiger partial charge in [-0.05, 0) is 25.1 Å². The van der Waals surface area contributed by atoms with E-state index in [4.69, 9.17) is 9.47 Å². The Labute approximate surface area is 117 Å². The smallest absolute Gasteiger partial charge is 0.347 e. The van der Waals surface area contributed by atoms with Crippen LogP contribution in [0.5, 0.6) is 5.75 Å². The van der Waals surface area contributed by atoms with E-state index in [1.54, 1.807) is 37.3 Å². The molecule has 0 amide bonds. The molecule has 0 aliphatic carbocycles. The second-order valence-corrected chi connectivity index (χ2v) is 4.27. The maximum atomic E-state index is 13.4. The molecule has 0 saturated carbocycles. The number of carbonyl (C=O) groups is 1. The molecule has 1 atom stereocenters. The summed E-state index contributed by atoms with van der Waals surface area (Å²) in [6.07, 6.45) is -0.746. The van der Waals surface area contributed by atoms with Gasteiger partial charge >= 0.3 is 5.97 Å². The van der Waals surface area contributed by atoms with E-state index in [-0.39, 0.29) is 6.61 Å². The molecule has 1 unspecified atom stereocenters. The highest BCUT2D eigenvalue weighted by Gasteiger charge is 2.16. The van der Waals surface area contributed by atoms with Crippen LogP contribution in [0.2, 0.25) is 0 Å². The minimum atomic E-state index is -0.746. The number of hydrogen-bond acceptors (Lipinski definition) is 3. The number of para-hydroxylation sites is 1. The largest absolute Gasteiger partial charge is 0.479 e. The number of hydrogen-bond donors (Lipinski definition) is 0. The number of rotatable bonds is 5. The maximum absolute atomic E-state index is 13.4. The van der Waals surface area contributed by atoms with Crippen molar-refractivity contribution < 1.29 is 18.7 Å². The van der Waals surface area contributed by atoms with Crippen molar-refractivity contribution in [1.29, 1.82) is 0 Å². The van der Waals surface area contributed by atoms with E-state index in [0.717, 1.165) is 0 Å². The minimum absolute atomic E-state index is 0.103. The first-order valence-corrected chi connectivity index (χ1v) is 6.28. The first-order valence-electron chi connectivity index (χ1n) is 6.28. The van der Waals surface area contributed by atoms with Gasteiger partial charge in [0, 0.05) is 5.56 Å². The molecule has 0 spiro atoms. The van der Waals surface area contributed by atoms with E-state index in [2.05, 4.69) is 0 Å². The van der Waals surface area contributed by atoms with Crippen molar-refractivity contribution in [3.8, 4) is 5.75 Å². The lowest BCUT2D eigenvalue weighted by atomic mass is 10.2. The van der Waals surface area contributed by atoms with E-state index < -0.39 is 17.9 Å². The summed E-state index contributed by atoms with van der Waals surface area (Å²) >= 11 is 0. The van der Waals surface area contributed by atoms with E-state index in [9.17, 15) is 9.18 Å². The lowest BCUT2D eigenvalue weighted by Crippen LogP contribution is -2.26. The number of carbonyl (C=O) groups excluding carboxylic acids is 1. The molecule has 0 aliphatic heterocycles. The van der Waals surface area contributed by atoms with Crippen LogP contribution < -0.4 is 4.74 Å². The molecule has 0 saturated heterocycles. The predicted octanol–water partition coefficient (Wildman–Crippen LogP) is 3.34. The highest BCUT2D eigenvalue weighted by Crippen LogP contribution is 2.13. The van der Waals surface area contributed by atoms with Crippen LogP contribution in [0.25, 0.3) is 0 Å². The Morgan fingerprint density at radius 1 is 1.10 bits per heavy atom. The number of ether oxygens (including phenoxy) is 2. The van der Waals surface area contributed by atoms with Gasteiger partial charge in [0.25, 0.3) is 0 Å². The summed E-state index contributed by atoms with van der Waals surface area (Å²) < 4.78 is 23.8. The topological polar surface area (TPSA) is 35.5 Å². The van der Waals surface area contributed by atoms with Crippen LogP contribution in [0.15, 0.2) is 54.6 Å². The molecule has 104 valence electrons. The molecule has 2 rings (SSSR count). The molecule has 0 aliphatic rings. The van der Waals surface area contributed by atoms with Crippen molar-refractivity contribution in [2.24, 2.45) is 0 Å². The van der Waals surface area contributed by atoms with Gasteiger partial charge in [0.2, 0.25) is 0 Å². The van der Waals surface area contributed by atoms with E-state index >= 15 is 0 Å². The Balaban J connectivity index is 1.87. The Morgan fingerprint density at radius 2 is 1.75 bits per heavy atom. The summed E-state index contributed by atoms with van der Waals surface area (Å²) in [7, 11) is 0.